The third-order valence-electron chi connectivity index (χ3n) is 4.49. The van der Waals surface area contributed by atoms with Crippen molar-refractivity contribution in [3.05, 3.63) is 70.8 Å². The monoisotopic (exact) mass is 292 g/mol. The van der Waals surface area contributed by atoms with Gasteiger partial charge >= 0.3 is 0 Å². The number of allylic oxidation sites excluding steroid dienone is 2. The van der Waals surface area contributed by atoms with Gasteiger partial charge in [-0.05, 0) is 59.1 Å². The second kappa shape index (κ2) is 7.98. The van der Waals surface area contributed by atoms with Crippen molar-refractivity contribution in [2.24, 2.45) is 0 Å². The Balaban J connectivity index is 2.46. The zero-order chi connectivity index (χ0) is 15.9. The highest BCUT2D eigenvalue weighted by Crippen LogP contribution is 2.31. The van der Waals surface area contributed by atoms with Crippen molar-refractivity contribution < 1.29 is 0 Å². The molecule has 0 nitrogen and oxygen atoms in total. The zero-order valence-electron chi connectivity index (χ0n) is 14.4. The second-order valence-electron chi connectivity index (χ2n) is 5.77. The smallest absolute Gasteiger partial charge is 0.0221 e. The molecule has 0 saturated carbocycles. The lowest BCUT2D eigenvalue weighted by atomic mass is 9.90. The summed E-state index contributed by atoms with van der Waals surface area (Å²) < 4.78 is 0. The van der Waals surface area contributed by atoms with Crippen LogP contribution in [0.3, 0.4) is 0 Å². The molecule has 0 fully saturated rings. The van der Waals surface area contributed by atoms with E-state index >= 15 is 0 Å². The van der Waals surface area contributed by atoms with Crippen LogP contribution in [0.1, 0.15) is 62.8 Å². The van der Waals surface area contributed by atoms with Gasteiger partial charge in [0.1, 0.15) is 0 Å². The van der Waals surface area contributed by atoms with E-state index in [4.69, 9.17) is 0 Å². The summed E-state index contributed by atoms with van der Waals surface area (Å²) in [6.07, 6.45) is 4.35. The predicted molar refractivity (Wildman–Crippen MR) is 99.0 cm³/mol. The molecule has 0 aliphatic rings. The van der Waals surface area contributed by atoms with Crippen LogP contribution in [0.5, 0.6) is 0 Å². The maximum absolute atomic E-state index is 2.29. The van der Waals surface area contributed by atoms with E-state index in [1.54, 1.807) is 0 Å². The van der Waals surface area contributed by atoms with Crippen molar-refractivity contribution in [1.82, 2.24) is 0 Å². The summed E-state index contributed by atoms with van der Waals surface area (Å²) in [5.41, 5.74) is 8.52. The van der Waals surface area contributed by atoms with Crippen LogP contribution >= 0.6 is 0 Å². The molecule has 2 rings (SSSR count). The fraction of sp³-hybridized carbons (Fsp3) is 0.364. The summed E-state index contributed by atoms with van der Waals surface area (Å²) in [5.74, 6) is 0. The third kappa shape index (κ3) is 3.68. The fourth-order valence-corrected chi connectivity index (χ4v) is 3.07. The lowest BCUT2D eigenvalue weighted by Crippen LogP contribution is -1.93. The van der Waals surface area contributed by atoms with Crippen molar-refractivity contribution in [2.75, 3.05) is 0 Å². The Morgan fingerprint density at radius 2 is 0.864 bits per heavy atom. The Morgan fingerprint density at radius 3 is 1.09 bits per heavy atom. The normalized spacial score (nSPS) is 12.2. The van der Waals surface area contributed by atoms with Crippen LogP contribution in [0.4, 0.5) is 0 Å². The van der Waals surface area contributed by atoms with Crippen LogP contribution in [0, 0.1) is 0 Å². The number of benzene rings is 2. The molecule has 116 valence electrons. The zero-order valence-corrected chi connectivity index (χ0v) is 14.4. The number of rotatable bonds is 6. The minimum Gasteiger partial charge on any atom is -0.0613 e. The minimum atomic E-state index is 1.07. The Morgan fingerprint density at radius 1 is 0.545 bits per heavy atom. The SMILES string of the molecule is CCC(=C(CC)c1ccc(CC)cc1)c1ccc(CC)cc1. The quantitative estimate of drug-likeness (QED) is 0.530. The largest absolute Gasteiger partial charge is 0.0613 e. The van der Waals surface area contributed by atoms with Gasteiger partial charge < -0.3 is 0 Å². The molecule has 0 aromatic heterocycles. The first-order valence-electron chi connectivity index (χ1n) is 8.64. The van der Waals surface area contributed by atoms with Crippen molar-refractivity contribution in [1.29, 1.82) is 0 Å². The van der Waals surface area contributed by atoms with Gasteiger partial charge in [0.05, 0.1) is 0 Å². The van der Waals surface area contributed by atoms with E-state index in [1.165, 1.54) is 33.4 Å². The second-order valence-corrected chi connectivity index (χ2v) is 5.77. The van der Waals surface area contributed by atoms with Gasteiger partial charge in [-0.25, -0.2) is 0 Å². The molecule has 2 aromatic carbocycles. The summed E-state index contributed by atoms with van der Waals surface area (Å²) in [7, 11) is 0. The lowest BCUT2D eigenvalue weighted by Gasteiger charge is -2.15. The van der Waals surface area contributed by atoms with Gasteiger partial charge in [-0.3, -0.25) is 0 Å². The summed E-state index contributed by atoms with van der Waals surface area (Å²) >= 11 is 0. The van der Waals surface area contributed by atoms with Crippen molar-refractivity contribution in [3.63, 3.8) is 0 Å². The van der Waals surface area contributed by atoms with E-state index in [2.05, 4.69) is 76.2 Å². The average molecular weight is 292 g/mol. The standard InChI is InChI=1S/C22H28/c1-5-17-9-13-19(14-10-17)21(7-3)22(8-4)20-15-11-18(6-2)12-16-20/h9-16H,5-8H2,1-4H3. The van der Waals surface area contributed by atoms with Gasteiger partial charge in [0, 0.05) is 0 Å². The highest BCUT2D eigenvalue weighted by Gasteiger charge is 2.09. The summed E-state index contributed by atoms with van der Waals surface area (Å²) in [4.78, 5) is 0. The molecule has 22 heavy (non-hydrogen) atoms. The molecule has 0 radical (unpaired) electrons. The average Bonchev–Trinajstić information content (AvgIpc) is 2.60. The van der Waals surface area contributed by atoms with Gasteiger partial charge in [0.25, 0.3) is 0 Å². The molecule has 0 amide bonds. The molecule has 0 unspecified atom stereocenters. The summed E-state index contributed by atoms with van der Waals surface area (Å²) in [6.45, 7) is 8.94. The first-order chi connectivity index (χ1) is 10.7. The van der Waals surface area contributed by atoms with E-state index in [1.807, 2.05) is 0 Å². The van der Waals surface area contributed by atoms with E-state index in [0.29, 0.717) is 0 Å². The van der Waals surface area contributed by atoms with Crippen molar-refractivity contribution in [3.8, 4) is 0 Å². The van der Waals surface area contributed by atoms with Gasteiger partial charge in [0.15, 0.2) is 0 Å². The van der Waals surface area contributed by atoms with Crippen LogP contribution in [0.25, 0.3) is 11.1 Å². The molecule has 0 atom stereocenters. The van der Waals surface area contributed by atoms with E-state index in [-0.39, 0.29) is 0 Å². The fourth-order valence-electron chi connectivity index (χ4n) is 3.07. The Hall–Kier alpha value is -1.82. The molecule has 0 bridgehead atoms. The first kappa shape index (κ1) is 16.5. The lowest BCUT2D eigenvalue weighted by molar-refractivity contribution is 1.13. The Labute approximate surface area is 135 Å². The maximum atomic E-state index is 2.29. The molecule has 0 aliphatic heterocycles. The molecule has 0 heteroatoms. The van der Waals surface area contributed by atoms with Gasteiger partial charge in [-0.2, -0.15) is 0 Å². The van der Waals surface area contributed by atoms with Crippen molar-refractivity contribution >= 4 is 11.1 Å². The third-order valence-corrected chi connectivity index (χ3v) is 4.49. The molecular weight excluding hydrogens is 264 g/mol. The molecule has 0 spiro atoms. The summed E-state index contributed by atoms with van der Waals surface area (Å²) in [5, 5.41) is 0. The van der Waals surface area contributed by atoms with E-state index in [9.17, 15) is 0 Å². The van der Waals surface area contributed by atoms with Gasteiger partial charge in [0.2, 0.25) is 0 Å². The molecular formula is C22H28. The molecule has 0 aliphatic carbocycles. The number of hydrogen-bond donors (Lipinski definition) is 0. The first-order valence-corrected chi connectivity index (χ1v) is 8.64. The maximum Gasteiger partial charge on any atom is -0.0221 e. The number of hydrogen-bond acceptors (Lipinski definition) is 0. The highest BCUT2D eigenvalue weighted by molar-refractivity contribution is 5.90. The van der Waals surface area contributed by atoms with Gasteiger partial charge in [-0.1, -0.05) is 76.2 Å². The van der Waals surface area contributed by atoms with Crippen LogP contribution in [-0.4, -0.2) is 0 Å². The van der Waals surface area contributed by atoms with Crippen LogP contribution in [-0.2, 0) is 12.8 Å². The van der Waals surface area contributed by atoms with Crippen molar-refractivity contribution in [2.45, 2.75) is 53.4 Å². The molecule has 0 N–H and O–H groups in total. The van der Waals surface area contributed by atoms with Crippen LogP contribution in [0.2, 0.25) is 0 Å². The van der Waals surface area contributed by atoms with Gasteiger partial charge in [-0.15, -0.1) is 0 Å². The predicted octanol–water partition coefficient (Wildman–Crippen LogP) is 6.54. The molecule has 0 heterocycles. The molecule has 0 saturated heterocycles. The van der Waals surface area contributed by atoms with Crippen LogP contribution < -0.4 is 0 Å². The van der Waals surface area contributed by atoms with Crippen LogP contribution in [0.15, 0.2) is 48.5 Å². The van der Waals surface area contributed by atoms with E-state index < -0.39 is 0 Å². The molecule has 2 aromatic rings. The Kier molecular flexibility index (Phi) is 6.00. The van der Waals surface area contributed by atoms with E-state index in [0.717, 1.165) is 25.7 Å². The number of aryl methyl sites for hydroxylation is 2. The highest BCUT2D eigenvalue weighted by atomic mass is 14.1. The minimum absolute atomic E-state index is 1.07. The topological polar surface area (TPSA) is 0 Å². The Bertz CT molecular complexity index is 555. The summed E-state index contributed by atoms with van der Waals surface area (Å²) in [6, 6.07) is 18.2.